The minimum Gasteiger partial charge on any atom is -0.334 e. The van der Waals surface area contributed by atoms with Crippen LogP contribution in [0.4, 0.5) is 0 Å². The maximum atomic E-state index is 12.8. The van der Waals surface area contributed by atoms with E-state index in [1.807, 2.05) is 52.0 Å². The highest BCUT2D eigenvalue weighted by Crippen LogP contribution is 2.23. The molecule has 1 aliphatic rings. The SMILES string of the molecule is O=C(c1nc2ccccc2s1)N1CCN(Cc2cc3ccccn3n2)CC1. The van der Waals surface area contributed by atoms with Gasteiger partial charge in [0, 0.05) is 38.9 Å². The zero-order valence-corrected chi connectivity index (χ0v) is 15.6. The Kier molecular flexibility index (Phi) is 4.10. The van der Waals surface area contributed by atoms with Gasteiger partial charge in [0.25, 0.3) is 5.91 Å². The van der Waals surface area contributed by atoms with Crippen molar-refractivity contribution in [2.24, 2.45) is 0 Å². The van der Waals surface area contributed by atoms with E-state index in [1.165, 1.54) is 11.3 Å². The second kappa shape index (κ2) is 6.75. The first-order valence-corrected chi connectivity index (χ1v) is 9.88. The predicted octanol–water partition coefficient (Wildman–Crippen LogP) is 2.90. The van der Waals surface area contributed by atoms with Crippen molar-refractivity contribution in [1.82, 2.24) is 24.4 Å². The lowest BCUT2D eigenvalue weighted by atomic mass is 10.2. The van der Waals surface area contributed by atoms with Gasteiger partial charge in [-0.2, -0.15) is 5.10 Å². The summed E-state index contributed by atoms with van der Waals surface area (Å²) in [5, 5.41) is 5.21. The van der Waals surface area contributed by atoms with E-state index in [-0.39, 0.29) is 5.91 Å². The number of para-hydroxylation sites is 1. The zero-order valence-electron chi connectivity index (χ0n) is 14.8. The Hall–Kier alpha value is -2.77. The van der Waals surface area contributed by atoms with Crippen LogP contribution in [0.2, 0.25) is 0 Å². The molecule has 0 unspecified atom stereocenters. The molecule has 0 radical (unpaired) electrons. The Morgan fingerprint density at radius 3 is 2.67 bits per heavy atom. The average Bonchev–Trinajstić information content (AvgIpc) is 3.31. The highest BCUT2D eigenvalue weighted by atomic mass is 32.1. The molecule has 0 saturated carbocycles. The second-order valence-electron chi connectivity index (χ2n) is 6.76. The van der Waals surface area contributed by atoms with Gasteiger partial charge in [0.1, 0.15) is 0 Å². The lowest BCUT2D eigenvalue weighted by Gasteiger charge is -2.33. The van der Waals surface area contributed by atoms with Gasteiger partial charge in [-0.3, -0.25) is 9.69 Å². The minimum atomic E-state index is 0.0450. The first-order chi connectivity index (χ1) is 13.3. The average molecular weight is 377 g/mol. The number of fused-ring (bicyclic) bond motifs is 2. The van der Waals surface area contributed by atoms with E-state index in [9.17, 15) is 4.79 Å². The number of aromatic nitrogens is 3. The highest BCUT2D eigenvalue weighted by molar-refractivity contribution is 7.20. The van der Waals surface area contributed by atoms with E-state index < -0.39 is 0 Å². The van der Waals surface area contributed by atoms with Crippen LogP contribution in [0.1, 0.15) is 15.5 Å². The van der Waals surface area contributed by atoms with Crippen LogP contribution in [0, 0.1) is 0 Å². The molecule has 1 saturated heterocycles. The fourth-order valence-electron chi connectivity index (χ4n) is 3.51. The number of thiazole rings is 1. The molecule has 3 aromatic heterocycles. The first kappa shape index (κ1) is 16.4. The van der Waals surface area contributed by atoms with Crippen molar-refractivity contribution in [3.8, 4) is 0 Å². The largest absolute Gasteiger partial charge is 0.334 e. The van der Waals surface area contributed by atoms with Crippen LogP contribution in [0.5, 0.6) is 0 Å². The lowest BCUT2D eigenvalue weighted by Crippen LogP contribution is -2.48. The Labute approximate surface area is 160 Å². The van der Waals surface area contributed by atoms with Crippen molar-refractivity contribution in [2.45, 2.75) is 6.54 Å². The third-order valence-electron chi connectivity index (χ3n) is 4.94. The van der Waals surface area contributed by atoms with Crippen molar-refractivity contribution >= 4 is 33.0 Å². The molecule has 0 atom stereocenters. The summed E-state index contributed by atoms with van der Waals surface area (Å²) in [4.78, 5) is 21.6. The Bertz CT molecular complexity index is 1040. The summed E-state index contributed by atoms with van der Waals surface area (Å²) in [6, 6.07) is 16.1. The van der Waals surface area contributed by atoms with Gasteiger partial charge in [0.15, 0.2) is 5.01 Å². The molecular weight excluding hydrogens is 358 g/mol. The molecule has 4 heterocycles. The van der Waals surface area contributed by atoms with Gasteiger partial charge in [0.05, 0.1) is 21.4 Å². The fourth-order valence-corrected chi connectivity index (χ4v) is 4.44. The number of carbonyl (C=O) groups is 1. The lowest BCUT2D eigenvalue weighted by molar-refractivity contribution is 0.0627. The van der Waals surface area contributed by atoms with Crippen LogP contribution in [0.15, 0.2) is 54.7 Å². The molecule has 1 fully saturated rings. The normalized spacial score (nSPS) is 15.6. The molecule has 136 valence electrons. The number of piperazine rings is 1. The van der Waals surface area contributed by atoms with Crippen molar-refractivity contribution < 1.29 is 4.79 Å². The summed E-state index contributed by atoms with van der Waals surface area (Å²) in [5.41, 5.74) is 3.07. The minimum absolute atomic E-state index is 0.0450. The summed E-state index contributed by atoms with van der Waals surface area (Å²) in [7, 11) is 0. The first-order valence-electron chi connectivity index (χ1n) is 9.07. The van der Waals surface area contributed by atoms with Crippen LogP contribution in [-0.4, -0.2) is 56.5 Å². The van der Waals surface area contributed by atoms with Crippen molar-refractivity contribution in [3.05, 3.63) is 65.4 Å². The van der Waals surface area contributed by atoms with E-state index in [2.05, 4.69) is 27.1 Å². The van der Waals surface area contributed by atoms with Crippen LogP contribution < -0.4 is 0 Å². The van der Waals surface area contributed by atoms with Crippen LogP contribution in [-0.2, 0) is 6.54 Å². The molecule has 4 aromatic rings. The van der Waals surface area contributed by atoms with E-state index in [4.69, 9.17) is 0 Å². The maximum absolute atomic E-state index is 12.8. The highest BCUT2D eigenvalue weighted by Gasteiger charge is 2.24. The summed E-state index contributed by atoms with van der Waals surface area (Å²) < 4.78 is 2.97. The van der Waals surface area contributed by atoms with Gasteiger partial charge in [-0.05, 0) is 30.3 Å². The number of nitrogens with zero attached hydrogens (tertiary/aromatic N) is 5. The summed E-state index contributed by atoms with van der Waals surface area (Å²) in [6.45, 7) is 3.96. The Morgan fingerprint density at radius 2 is 1.85 bits per heavy atom. The molecular formula is C20H19N5OS. The number of hydrogen-bond donors (Lipinski definition) is 0. The quantitative estimate of drug-likeness (QED) is 0.551. The summed E-state index contributed by atoms with van der Waals surface area (Å²) in [6.07, 6.45) is 1.97. The standard InChI is InChI=1S/C20H19N5OS/c26-20(19-21-17-6-1-2-7-18(17)27-19)24-11-9-23(10-12-24)14-15-13-16-5-3-4-8-25(16)22-15/h1-8,13H,9-12,14H2. The molecule has 7 heteroatoms. The molecule has 0 bridgehead atoms. The number of rotatable bonds is 3. The molecule has 1 aromatic carbocycles. The Morgan fingerprint density at radius 1 is 1.04 bits per heavy atom. The van der Waals surface area contributed by atoms with Crippen molar-refractivity contribution in [2.75, 3.05) is 26.2 Å². The maximum Gasteiger partial charge on any atom is 0.282 e. The van der Waals surface area contributed by atoms with Gasteiger partial charge < -0.3 is 4.90 Å². The smallest absolute Gasteiger partial charge is 0.282 e. The third kappa shape index (κ3) is 3.20. The molecule has 1 aliphatic heterocycles. The monoisotopic (exact) mass is 377 g/mol. The van der Waals surface area contributed by atoms with E-state index in [0.717, 1.165) is 54.2 Å². The predicted molar refractivity (Wildman–Crippen MR) is 106 cm³/mol. The molecule has 0 N–H and O–H groups in total. The molecule has 0 spiro atoms. The summed E-state index contributed by atoms with van der Waals surface area (Å²) in [5.74, 6) is 0.0450. The van der Waals surface area contributed by atoms with Crippen molar-refractivity contribution in [1.29, 1.82) is 0 Å². The molecule has 27 heavy (non-hydrogen) atoms. The second-order valence-corrected chi connectivity index (χ2v) is 7.79. The van der Waals surface area contributed by atoms with Gasteiger partial charge in [-0.25, -0.2) is 9.50 Å². The van der Waals surface area contributed by atoms with Crippen LogP contribution >= 0.6 is 11.3 Å². The van der Waals surface area contributed by atoms with Gasteiger partial charge >= 0.3 is 0 Å². The number of hydrogen-bond acceptors (Lipinski definition) is 5. The van der Waals surface area contributed by atoms with Crippen molar-refractivity contribution in [3.63, 3.8) is 0 Å². The number of benzene rings is 1. The van der Waals surface area contributed by atoms with Gasteiger partial charge in [-0.15, -0.1) is 11.3 Å². The van der Waals surface area contributed by atoms with E-state index >= 15 is 0 Å². The molecule has 6 nitrogen and oxygen atoms in total. The number of pyridine rings is 1. The van der Waals surface area contributed by atoms with E-state index in [1.54, 1.807) is 0 Å². The third-order valence-corrected chi connectivity index (χ3v) is 5.97. The molecule has 5 rings (SSSR count). The van der Waals surface area contributed by atoms with Crippen LogP contribution in [0.3, 0.4) is 0 Å². The van der Waals surface area contributed by atoms with Gasteiger partial charge in [0.2, 0.25) is 0 Å². The summed E-state index contributed by atoms with van der Waals surface area (Å²) >= 11 is 1.48. The molecule has 0 aliphatic carbocycles. The topological polar surface area (TPSA) is 53.7 Å². The molecule has 1 amide bonds. The number of amides is 1. The fraction of sp³-hybridized carbons (Fsp3) is 0.250. The van der Waals surface area contributed by atoms with Crippen LogP contribution in [0.25, 0.3) is 15.7 Å². The Balaban J connectivity index is 1.23. The van der Waals surface area contributed by atoms with Gasteiger partial charge in [-0.1, -0.05) is 18.2 Å². The number of carbonyl (C=O) groups excluding carboxylic acids is 1. The van der Waals surface area contributed by atoms with E-state index in [0.29, 0.717) is 5.01 Å². The zero-order chi connectivity index (χ0) is 18.2.